The fourth-order valence-electron chi connectivity index (χ4n) is 10.6. The number of benzene rings is 2. The molecule has 4 aromatic rings. The van der Waals surface area contributed by atoms with E-state index in [0.29, 0.717) is 65.6 Å². The molecule has 0 N–H and O–H groups in total. The van der Waals surface area contributed by atoms with Gasteiger partial charge in [0.05, 0.1) is 40.3 Å². The molecule has 54 heavy (non-hydrogen) atoms. The maximum absolute atomic E-state index is 17.4. The van der Waals surface area contributed by atoms with Gasteiger partial charge < -0.3 is 14.4 Å². The summed E-state index contributed by atoms with van der Waals surface area (Å²) in [6.45, 7) is 7.53. The lowest BCUT2D eigenvalue weighted by Gasteiger charge is -2.47. The van der Waals surface area contributed by atoms with Gasteiger partial charge in [0.1, 0.15) is 41.2 Å². The van der Waals surface area contributed by atoms with E-state index < -0.39 is 28.9 Å². The molecule has 0 radical (unpaired) electrons. The smallest absolute Gasteiger partial charge is 0.410 e. The second-order valence-corrected chi connectivity index (χ2v) is 17.6. The van der Waals surface area contributed by atoms with E-state index in [0.717, 1.165) is 38.6 Å². The number of carbonyl (C=O) groups excluding carboxylic acids is 1. The van der Waals surface area contributed by atoms with Gasteiger partial charge in [0.2, 0.25) is 0 Å². The number of aryl methyl sites for hydroxylation is 1. The first kappa shape index (κ1) is 33.9. The number of pyridine rings is 1. The normalized spacial score (nSPS) is 27.9. The Labute approximate surface area is 312 Å². The molecule has 5 fully saturated rings. The summed E-state index contributed by atoms with van der Waals surface area (Å²) in [4.78, 5) is 34.8. The van der Waals surface area contributed by atoms with Gasteiger partial charge in [0.25, 0.3) is 0 Å². The monoisotopic (exact) mass is 736 g/mol. The number of ether oxygens (including phenoxy) is 2. The fourth-order valence-corrected chi connectivity index (χ4v) is 10.6. The van der Waals surface area contributed by atoms with Crippen molar-refractivity contribution in [1.29, 1.82) is 0 Å². The molecule has 280 valence electrons. The number of hydrogen-bond donors (Lipinski definition) is 0. The topological polar surface area (TPSA) is 83.9 Å². The summed E-state index contributed by atoms with van der Waals surface area (Å²) in [6, 6.07) is 7.84. The van der Waals surface area contributed by atoms with E-state index in [4.69, 9.17) is 30.8 Å². The zero-order valence-electron chi connectivity index (χ0n) is 30.8. The number of terminal acetylenes is 1. The molecule has 1 saturated carbocycles. The standard InChI is InChI=1S/C42H43F3N6O3/c1-5-26-28(44)11-9-23-7-6-8-27(32(23)26)35-34(45)36-33-29(46-35)12-14-30-31-13-10-25(51(31)39(52)54-40(2,3)4)19-50(30)37(33)48-38(47-36)53-22-42-17-24(43)18-49(42)21-41(20-42)15-16-41/h1,6-9,11,24-25,30-31H,10,12-22H2,2-4H3/t24-,25-,30-,31+,42+/m1/s1. The molecule has 12 heteroatoms. The fraction of sp³-hybridized carbons (Fsp3) is 0.524. The van der Waals surface area contributed by atoms with Crippen LogP contribution in [0.25, 0.3) is 32.9 Å². The number of hydrogen-bond acceptors (Lipinski definition) is 8. The summed E-state index contributed by atoms with van der Waals surface area (Å²) in [6.07, 6.45) is 10.8. The van der Waals surface area contributed by atoms with Gasteiger partial charge in [-0.3, -0.25) is 9.80 Å². The van der Waals surface area contributed by atoms with Gasteiger partial charge >= 0.3 is 12.1 Å². The van der Waals surface area contributed by atoms with Crippen molar-refractivity contribution in [2.75, 3.05) is 31.1 Å². The molecule has 2 aromatic heterocycles. The van der Waals surface area contributed by atoms with Gasteiger partial charge in [-0.25, -0.2) is 22.9 Å². The summed E-state index contributed by atoms with van der Waals surface area (Å²) < 4.78 is 59.8. The maximum atomic E-state index is 17.4. The largest absolute Gasteiger partial charge is 0.461 e. The summed E-state index contributed by atoms with van der Waals surface area (Å²) >= 11 is 0. The van der Waals surface area contributed by atoms with Crippen LogP contribution in [0.5, 0.6) is 6.01 Å². The Hall–Kier alpha value is -4.63. The van der Waals surface area contributed by atoms with Gasteiger partial charge in [-0.2, -0.15) is 9.97 Å². The van der Waals surface area contributed by atoms with Crippen LogP contribution >= 0.6 is 0 Å². The third-order valence-electron chi connectivity index (χ3n) is 12.9. The first-order valence-corrected chi connectivity index (χ1v) is 19.2. The van der Waals surface area contributed by atoms with E-state index in [1.54, 1.807) is 18.2 Å². The van der Waals surface area contributed by atoms with E-state index >= 15 is 8.78 Å². The van der Waals surface area contributed by atoms with E-state index in [-0.39, 0.29) is 59.0 Å². The zero-order valence-corrected chi connectivity index (χ0v) is 30.8. The van der Waals surface area contributed by atoms with E-state index in [1.165, 1.54) is 6.07 Å². The molecule has 1 spiro atoms. The van der Waals surface area contributed by atoms with Crippen molar-refractivity contribution >= 4 is 33.6 Å². The molecular formula is C42H43F3N6O3. The highest BCUT2D eigenvalue weighted by Gasteiger charge is 2.62. The predicted molar refractivity (Wildman–Crippen MR) is 198 cm³/mol. The number of amides is 1. The van der Waals surface area contributed by atoms with Crippen LogP contribution in [0, 0.1) is 29.4 Å². The quantitative estimate of drug-likeness (QED) is 0.201. The van der Waals surface area contributed by atoms with Gasteiger partial charge in [-0.1, -0.05) is 30.2 Å². The van der Waals surface area contributed by atoms with Crippen molar-refractivity contribution in [1.82, 2.24) is 24.8 Å². The predicted octanol–water partition coefficient (Wildman–Crippen LogP) is 7.35. The zero-order chi connectivity index (χ0) is 37.3. The number of aromatic nitrogens is 3. The Balaban J connectivity index is 1.12. The van der Waals surface area contributed by atoms with Crippen molar-refractivity contribution in [3.8, 4) is 29.6 Å². The molecule has 6 aliphatic rings. The molecular weight excluding hydrogens is 693 g/mol. The molecule has 5 aliphatic heterocycles. The number of carbonyl (C=O) groups is 1. The number of anilines is 1. The first-order valence-electron chi connectivity index (χ1n) is 19.2. The maximum Gasteiger partial charge on any atom is 0.410 e. The van der Waals surface area contributed by atoms with E-state index in [1.807, 2.05) is 31.7 Å². The summed E-state index contributed by atoms with van der Waals surface area (Å²) in [5.41, 5.74) is 0.214. The number of halogens is 3. The number of alkyl halides is 1. The van der Waals surface area contributed by atoms with Crippen molar-refractivity contribution in [3.63, 3.8) is 0 Å². The van der Waals surface area contributed by atoms with Crippen LogP contribution in [0.1, 0.15) is 77.0 Å². The second-order valence-electron chi connectivity index (χ2n) is 17.6. The molecule has 0 unspecified atom stereocenters. The van der Waals surface area contributed by atoms with Crippen molar-refractivity contribution in [2.24, 2.45) is 5.41 Å². The average molecular weight is 737 g/mol. The molecule has 10 rings (SSSR count). The number of rotatable bonds is 4. The SMILES string of the molecule is C#Cc1c(F)ccc2cccc(-c3nc4c5c(nc(OC[C@@]67C[C@@H](F)CN6CC6(CC6)C7)nc5c3F)N3C[C@H]5CC[C@@H]([C@H]3CC4)N5C(=O)OC(C)(C)C)c12. The van der Waals surface area contributed by atoms with E-state index in [2.05, 4.69) is 15.7 Å². The minimum absolute atomic E-state index is 0.0173. The van der Waals surface area contributed by atoms with Crippen molar-refractivity contribution < 1.29 is 27.4 Å². The van der Waals surface area contributed by atoms with Gasteiger partial charge in [-0.15, -0.1) is 6.42 Å². The first-order chi connectivity index (χ1) is 25.9. The number of fused-ring (bicyclic) bond motifs is 7. The highest BCUT2D eigenvalue weighted by Crippen LogP contribution is 2.61. The highest BCUT2D eigenvalue weighted by atomic mass is 19.1. The van der Waals surface area contributed by atoms with Gasteiger partial charge in [0, 0.05) is 37.0 Å². The number of piperazine rings is 1. The van der Waals surface area contributed by atoms with Crippen LogP contribution in [0.3, 0.4) is 0 Å². The molecule has 2 aromatic carbocycles. The molecule has 4 saturated heterocycles. The highest BCUT2D eigenvalue weighted by molar-refractivity contribution is 6.03. The Morgan fingerprint density at radius 2 is 1.87 bits per heavy atom. The molecule has 7 heterocycles. The van der Waals surface area contributed by atoms with Crippen LogP contribution in [-0.2, 0) is 11.2 Å². The minimum Gasteiger partial charge on any atom is -0.461 e. The lowest BCUT2D eigenvalue weighted by Crippen LogP contribution is -2.62. The third-order valence-corrected chi connectivity index (χ3v) is 12.9. The third kappa shape index (κ3) is 5.17. The lowest BCUT2D eigenvalue weighted by atomic mass is 9.89. The van der Waals surface area contributed by atoms with Crippen molar-refractivity contribution in [2.45, 2.75) is 108 Å². The van der Waals surface area contributed by atoms with Crippen molar-refractivity contribution in [3.05, 3.63) is 53.2 Å². The Kier molecular flexibility index (Phi) is 7.34. The Morgan fingerprint density at radius 3 is 2.65 bits per heavy atom. The second kappa shape index (κ2) is 11.7. The average Bonchev–Trinajstić information content (AvgIpc) is 3.63. The Morgan fingerprint density at radius 1 is 1.04 bits per heavy atom. The number of nitrogens with zero attached hydrogens (tertiary/aromatic N) is 6. The van der Waals surface area contributed by atoms with E-state index in [9.17, 15) is 9.18 Å². The molecule has 5 atom stereocenters. The molecule has 9 nitrogen and oxygen atoms in total. The van der Waals surface area contributed by atoms with Crippen LogP contribution in [-0.4, -0.2) is 92.5 Å². The lowest BCUT2D eigenvalue weighted by molar-refractivity contribution is 0.00720. The van der Waals surface area contributed by atoms with Crippen LogP contribution in [0.4, 0.5) is 23.8 Å². The van der Waals surface area contributed by atoms with Gasteiger partial charge in [0.15, 0.2) is 5.82 Å². The molecule has 2 bridgehead atoms. The summed E-state index contributed by atoms with van der Waals surface area (Å²) in [5.74, 6) is 1.74. The summed E-state index contributed by atoms with van der Waals surface area (Å²) in [5, 5.41) is 1.56. The van der Waals surface area contributed by atoms with Crippen LogP contribution in [0.15, 0.2) is 30.3 Å². The minimum atomic E-state index is -0.934. The van der Waals surface area contributed by atoms with Crippen LogP contribution < -0.4 is 9.64 Å². The molecule has 1 amide bonds. The van der Waals surface area contributed by atoms with Gasteiger partial charge in [-0.05, 0) is 82.6 Å². The molecule has 1 aliphatic carbocycles. The Bertz CT molecular complexity index is 2300. The van der Waals surface area contributed by atoms with Crippen LogP contribution in [0.2, 0.25) is 0 Å². The summed E-state index contributed by atoms with van der Waals surface area (Å²) in [7, 11) is 0.